The molecule has 6 heteroatoms. The number of carbonyl (C=O) groups is 1. The number of aliphatic carboxylic acids is 1. The van der Waals surface area contributed by atoms with Crippen molar-refractivity contribution in [1.82, 2.24) is 4.90 Å². The van der Waals surface area contributed by atoms with E-state index < -0.39 is 16.8 Å². The van der Waals surface area contributed by atoms with E-state index in [1.165, 1.54) is 0 Å². The Balaban J connectivity index is 2.91. The van der Waals surface area contributed by atoms with Crippen LogP contribution in [0.3, 0.4) is 0 Å². The maximum atomic E-state index is 10.9. The Hall–Kier alpha value is -1.95. The van der Waals surface area contributed by atoms with Crippen molar-refractivity contribution in [2.24, 2.45) is 5.92 Å². The summed E-state index contributed by atoms with van der Waals surface area (Å²) in [5.41, 5.74) is 1.52. The third kappa shape index (κ3) is 3.77. The zero-order chi connectivity index (χ0) is 15.4. The van der Waals surface area contributed by atoms with Crippen LogP contribution in [0.25, 0.3) is 0 Å². The van der Waals surface area contributed by atoms with Gasteiger partial charge in [-0.05, 0) is 26.5 Å². The molecule has 20 heavy (non-hydrogen) atoms. The van der Waals surface area contributed by atoms with Crippen LogP contribution in [-0.4, -0.2) is 34.5 Å². The minimum atomic E-state index is -0.848. The smallest absolute Gasteiger partial charge is 0.307 e. The van der Waals surface area contributed by atoms with Crippen LogP contribution in [0.15, 0.2) is 18.2 Å². The van der Waals surface area contributed by atoms with Crippen molar-refractivity contribution in [3.63, 3.8) is 0 Å². The summed E-state index contributed by atoms with van der Waals surface area (Å²) in [5, 5.41) is 19.9. The van der Waals surface area contributed by atoms with Gasteiger partial charge in [-0.15, -0.1) is 0 Å². The lowest BCUT2D eigenvalue weighted by atomic mass is 10.0. The number of carboxylic acids is 1. The molecule has 1 aromatic carbocycles. The Bertz CT molecular complexity index is 516. The van der Waals surface area contributed by atoms with Gasteiger partial charge in [0.25, 0.3) is 5.69 Å². The third-order valence-electron chi connectivity index (χ3n) is 3.56. The second-order valence-electron chi connectivity index (χ2n) is 5.16. The Kier molecular flexibility index (Phi) is 5.21. The summed E-state index contributed by atoms with van der Waals surface area (Å²) in [6.45, 7) is 5.63. The lowest BCUT2D eigenvalue weighted by Gasteiger charge is -2.26. The first-order valence-corrected chi connectivity index (χ1v) is 6.42. The molecule has 0 saturated heterocycles. The van der Waals surface area contributed by atoms with Gasteiger partial charge < -0.3 is 5.11 Å². The van der Waals surface area contributed by atoms with Crippen LogP contribution in [0.5, 0.6) is 0 Å². The molecule has 0 aliphatic carbocycles. The SMILES string of the molecule is Cc1ccc(C(C)N(C)CC(C)C(=O)O)cc1[N+](=O)[O-]. The van der Waals surface area contributed by atoms with Crippen LogP contribution in [0.4, 0.5) is 5.69 Å². The van der Waals surface area contributed by atoms with E-state index in [1.807, 2.05) is 24.9 Å². The third-order valence-corrected chi connectivity index (χ3v) is 3.56. The molecule has 0 aliphatic heterocycles. The molecule has 0 aromatic heterocycles. The number of nitro groups is 1. The Morgan fingerprint density at radius 1 is 1.45 bits per heavy atom. The first-order valence-electron chi connectivity index (χ1n) is 6.42. The van der Waals surface area contributed by atoms with Crippen molar-refractivity contribution in [2.45, 2.75) is 26.8 Å². The van der Waals surface area contributed by atoms with Gasteiger partial charge in [-0.2, -0.15) is 0 Å². The van der Waals surface area contributed by atoms with Crippen LogP contribution in [-0.2, 0) is 4.79 Å². The van der Waals surface area contributed by atoms with Crippen LogP contribution in [0.1, 0.15) is 31.0 Å². The number of nitro benzene ring substituents is 1. The molecule has 0 saturated carbocycles. The van der Waals surface area contributed by atoms with E-state index in [-0.39, 0.29) is 11.7 Å². The highest BCUT2D eigenvalue weighted by atomic mass is 16.6. The van der Waals surface area contributed by atoms with E-state index in [2.05, 4.69) is 0 Å². The van der Waals surface area contributed by atoms with Crippen molar-refractivity contribution in [1.29, 1.82) is 0 Å². The number of hydrogen-bond donors (Lipinski definition) is 1. The molecule has 110 valence electrons. The number of hydrogen-bond acceptors (Lipinski definition) is 4. The lowest BCUT2D eigenvalue weighted by molar-refractivity contribution is -0.385. The summed E-state index contributed by atoms with van der Waals surface area (Å²) in [6.07, 6.45) is 0. The summed E-state index contributed by atoms with van der Waals surface area (Å²) in [7, 11) is 1.82. The van der Waals surface area contributed by atoms with Crippen molar-refractivity contribution < 1.29 is 14.8 Å². The number of carboxylic acid groups (broad SMARTS) is 1. The van der Waals surface area contributed by atoms with E-state index in [1.54, 1.807) is 26.0 Å². The van der Waals surface area contributed by atoms with Gasteiger partial charge in [-0.3, -0.25) is 19.8 Å². The van der Waals surface area contributed by atoms with E-state index in [4.69, 9.17) is 5.11 Å². The van der Waals surface area contributed by atoms with Gasteiger partial charge in [0.2, 0.25) is 0 Å². The first-order chi connectivity index (χ1) is 9.23. The Labute approximate surface area is 118 Å². The molecule has 0 fully saturated rings. The molecule has 2 atom stereocenters. The largest absolute Gasteiger partial charge is 0.481 e. The number of benzene rings is 1. The van der Waals surface area contributed by atoms with Gasteiger partial charge in [0.1, 0.15) is 0 Å². The van der Waals surface area contributed by atoms with Crippen molar-refractivity contribution >= 4 is 11.7 Å². The Morgan fingerprint density at radius 2 is 2.05 bits per heavy atom. The predicted molar refractivity (Wildman–Crippen MR) is 75.7 cm³/mol. The zero-order valence-corrected chi connectivity index (χ0v) is 12.2. The molecule has 0 radical (unpaired) electrons. The fourth-order valence-electron chi connectivity index (χ4n) is 2.01. The van der Waals surface area contributed by atoms with Gasteiger partial charge in [0.15, 0.2) is 0 Å². The topological polar surface area (TPSA) is 83.7 Å². The fourth-order valence-corrected chi connectivity index (χ4v) is 2.01. The molecule has 0 aliphatic rings. The minimum absolute atomic E-state index is 0.0869. The first kappa shape index (κ1) is 16.1. The van der Waals surface area contributed by atoms with Gasteiger partial charge in [-0.1, -0.05) is 19.1 Å². The summed E-state index contributed by atoms with van der Waals surface area (Å²) < 4.78 is 0. The molecule has 0 heterocycles. The molecule has 0 bridgehead atoms. The van der Waals surface area contributed by atoms with Crippen LogP contribution < -0.4 is 0 Å². The highest BCUT2D eigenvalue weighted by Crippen LogP contribution is 2.26. The lowest BCUT2D eigenvalue weighted by Crippen LogP contribution is -2.30. The van der Waals surface area contributed by atoms with Crippen LogP contribution >= 0.6 is 0 Å². The minimum Gasteiger partial charge on any atom is -0.481 e. The van der Waals surface area contributed by atoms with Crippen molar-refractivity contribution in [3.05, 3.63) is 39.4 Å². The monoisotopic (exact) mass is 280 g/mol. The van der Waals surface area contributed by atoms with Gasteiger partial charge >= 0.3 is 5.97 Å². The van der Waals surface area contributed by atoms with Crippen molar-refractivity contribution in [3.8, 4) is 0 Å². The summed E-state index contributed by atoms with van der Waals surface area (Å²) >= 11 is 0. The fraction of sp³-hybridized carbons (Fsp3) is 0.500. The highest BCUT2D eigenvalue weighted by molar-refractivity contribution is 5.69. The maximum Gasteiger partial charge on any atom is 0.307 e. The quantitative estimate of drug-likeness (QED) is 0.639. The number of aryl methyl sites for hydroxylation is 1. The van der Waals surface area contributed by atoms with E-state index in [0.717, 1.165) is 5.56 Å². The van der Waals surface area contributed by atoms with Gasteiger partial charge in [0, 0.05) is 24.2 Å². The van der Waals surface area contributed by atoms with Gasteiger partial charge in [0.05, 0.1) is 10.8 Å². The average molecular weight is 280 g/mol. The van der Waals surface area contributed by atoms with Crippen LogP contribution in [0.2, 0.25) is 0 Å². The molecule has 0 spiro atoms. The molecule has 1 rings (SSSR count). The Morgan fingerprint density at radius 3 is 2.55 bits per heavy atom. The molecule has 1 N–H and O–H groups in total. The molecule has 1 aromatic rings. The predicted octanol–water partition coefficient (Wildman–Crippen LogP) is 2.62. The van der Waals surface area contributed by atoms with Crippen LogP contribution in [0, 0.1) is 23.0 Å². The number of rotatable bonds is 6. The maximum absolute atomic E-state index is 10.9. The van der Waals surface area contributed by atoms with E-state index in [9.17, 15) is 14.9 Å². The van der Waals surface area contributed by atoms with Gasteiger partial charge in [-0.25, -0.2) is 0 Å². The normalized spacial score (nSPS) is 14.1. The molecule has 2 unspecified atom stereocenters. The zero-order valence-electron chi connectivity index (χ0n) is 12.2. The number of nitrogens with zero attached hydrogens (tertiary/aromatic N) is 2. The summed E-state index contributed by atoms with van der Waals surface area (Å²) in [5.74, 6) is -1.33. The summed E-state index contributed by atoms with van der Waals surface area (Å²) in [4.78, 5) is 23.3. The molecule has 6 nitrogen and oxygen atoms in total. The second kappa shape index (κ2) is 6.47. The molecular formula is C14H20N2O4. The standard InChI is InChI=1S/C14H20N2O4/c1-9-5-6-12(7-13(9)16(19)20)11(3)15(4)8-10(2)14(17)18/h5-7,10-11H,8H2,1-4H3,(H,17,18). The molecular weight excluding hydrogens is 260 g/mol. The van der Waals surface area contributed by atoms with E-state index >= 15 is 0 Å². The second-order valence-corrected chi connectivity index (χ2v) is 5.16. The molecule has 0 amide bonds. The van der Waals surface area contributed by atoms with Crippen molar-refractivity contribution in [2.75, 3.05) is 13.6 Å². The van der Waals surface area contributed by atoms with E-state index in [0.29, 0.717) is 12.1 Å². The average Bonchev–Trinajstić information content (AvgIpc) is 2.37. The highest BCUT2D eigenvalue weighted by Gasteiger charge is 2.20. The summed E-state index contributed by atoms with van der Waals surface area (Å²) in [6, 6.07) is 5.03.